The van der Waals surface area contributed by atoms with Crippen LogP contribution in [0.1, 0.15) is 0 Å². The van der Waals surface area contributed by atoms with E-state index in [1.165, 1.54) is 21.4 Å². The monoisotopic (exact) mass is 269 g/mol. The Morgan fingerprint density at radius 2 is 2.06 bits per heavy atom. The Hall–Kier alpha value is -1.43. The van der Waals surface area contributed by atoms with Gasteiger partial charge in [-0.1, -0.05) is 0 Å². The van der Waals surface area contributed by atoms with Gasteiger partial charge in [0.1, 0.15) is 4.90 Å². The Morgan fingerprint density at radius 1 is 1.39 bits per heavy atom. The second-order valence-corrected chi connectivity index (χ2v) is 6.13. The molecule has 98 valence electrons. The molecule has 1 aliphatic rings. The second kappa shape index (κ2) is 5.06. The molecule has 1 aromatic rings. The van der Waals surface area contributed by atoms with Crippen LogP contribution in [0.4, 0.5) is 0 Å². The van der Waals surface area contributed by atoms with Crippen molar-refractivity contribution in [1.29, 1.82) is 5.26 Å². The van der Waals surface area contributed by atoms with Crippen molar-refractivity contribution in [1.82, 2.24) is 19.0 Å². The van der Waals surface area contributed by atoms with E-state index < -0.39 is 10.0 Å². The summed E-state index contributed by atoms with van der Waals surface area (Å²) >= 11 is 0. The third-order valence-corrected chi connectivity index (χ3v) is 4.80. The van der Waals surface area contributed by atoms with Crippen molar-refractivity contribution in [2.75, 3.05) is 32.7 Å². The lowest BCUT2D eigenvalue weighted by Gasteiger charge is -2.32. The fourth-order valence-electron chi connectivity index (χ4n) is 1.91. The first-order chi connectivity index (χ1) is 8.54. The van der Waals surface area contributed by atoms with Gasteiger partial charge in [0.25, 0.3) is 0 Å². The number of hydrogen-bond donors (Lipinski definition) is 0. The summed E-state index contributed by atoms with van der Waals surface area (Å²) in [6.45, 7) is 2.36. The molecule has 1 fully saturated rings. The topological polar surface area (TPSA) is 82.2 Å². The van der Waals surface area contributed by atoms with Gasteiger partial charge in [0.15, 0.2) is 0 Å². The predicted octanol–water partition coefficient (Wildman–Crippen LogP) is -0.750. The Balaban J connectivity index is 2.07. The number of nitrogens with zero attached hydrogens (tertiary/aromatic N) is 5. The summed E-state index contributed by atoms with van der Waals surface area (Å²) in [7, 11) is -1.75. The first-order valence-corrected chi connectivity index (χ1v) is 7.06. The largest absolute Gasteiger partial charge is 0.288 e. The molecule has 0 radical (unpaired) electrons. The Kier molecular flexibility index (Phi) is 3.65. The van der Waals surface area contributed by atoms with Crippen molar-refractivity contribution < 1.29 is 8.42 Å². The molecule has 18 heavy (non-hydrogen) atoms. The molecule has 2 rings (SSSR count). The third kappa shape index (κ3) is 2.53. The molecule has 0 atom stereocenters. The predicted molar refractivity (Wildman–Crippen MR) is 64.0 cm³/mol. The van der Waals surface area contributed by atoms with Gasteiger partial charge in [-0.3, -0.25) is 9.58 Å². The van der Waals surface area contributed by atoms with Crippen LogP contribution in [0, 0.1) is 11.3 Å². The first-order valence-electron chi connectivity index (χ1n) is 5.62. The maximum absolute atomic E-state index is 12.3. The molecule has 0 spiro atoms. The fourth-order valence-corrected chi connectivity index (χ4v) is 3.32. The van der Waals surface area contributed by atoms with E-state index in [1.807, 2.05) is 4.90 Å². The van der Waals surface area contributed by atoms with E-state index in [0.29, 0.717) is 32.7 Å². The zero-order valence-electron chi connectivity index (χ0n) is 10.2. The molecule has 1 aromatic heterocycles. The molecule has 0 N–H and O–H groups in total. The van der Waals surface area contributed by atoms with Crippen molar-refractivity contribution >= 4 is 10.0 Å². The number of aromatic nitrogens is 2. The second-order valence-electron chi connectivity index (χ2n) is 4.19. The zero-order valence-corrected chi connectivity index (χ0v) is 11.0. The van der Waals surface area contributed by atoms with E-state index in [9.17, 15) is 8.42 Å². The average molecular weight is 269 g/mol. The van der Waals surface area contributed by atoms with Gasteiger partial charge in [0.05, 0.1) is 18.8 Å². The highest BCUT2D eigenvalue weighted by atomic mass is 32.2. The molecule has 2 heterocycles. The number of aryl methyl sites for hydroxylation is 1. The van der Waals surface area contributed by atoms with Crippen molar-refractivity contribution in [3.63, 3.8) is 0 Å². The molecule has 1 aliphatic heterocycles. The van der Waals surface area contributed by atoms with Gasteiger partial charge in [0.2, 0.25) is 10.0 Å². The van der Waals surface area contributed by atoms with E-state index >= 15 is 0 Å². The molecule has 0 saturated carbocycles. The first kappa shape index (κ1) is 13.0. The maximum atomic E-state index is 12.3. The number of rotatable bonds is 3. The summed E-state index contributed by atoms with van der Waals surface area (Å²) in [5, 5.41) is 12.5. The molecule has 7 nitrogen and oxygen atoms in total. The van der Waals surface area contributed by atoms with E-state index in [2.05, 4.69) is 11.2 Å². The van der Waals surface area contributed by atoms with Crippen LogP contribution >= 0.6 is 0 Å². The quantitative estimate of drug-likeness (QED) is 0.674. The van der Waals surface area contributed by atoms with Crippen LogP contribution in [0.25, 0.3) is 0 Å². The van der Waals surface area contributed by atoms with Gasteiger partial charge in [-0.15, -0.1) is 0 Å². The van der Waals surface area contributed by atoms with E-state index in [4.69, 9.17) is 5.26 Å². The summed E-state index contributed by atoms with van der Waals surface area (Å²) in [4.78, 5) is 2.16. The normalized spacial score (nSPS) is 18.7. The van der Waals surface area contributed by atoms with Crippen molar-refractivity contribution in [2.24, 2.45) is 7.05 Å². The van der Waals surface area contributed by atoms with Crippen LogP contribution in [0.2, 0.25) is 0 Å². The van der Waals surface area contributed by atoms with Crippen LogP contribution in [-0.2, 0) is 17.1 Å². The van der Waals surface area contributed by atoms with Crippen molar-refractivity contribution in [3.8, 4) is 6.07 Å². The number of hydrogen-bond acceptors (Lipinski definition) is 5. The molecule has 0 unspecified atom stereocenters. The van der Waals surface area contributed by atoms with Crippen molar-refractivity contribution in [3.05, 3.63) is 12.4 Å². The molecule has 0 aliphatic carbocycles. The molecular formula is C10H15N5O2S. The summed E-state index contributed by atoms with van der Waals surface area (Å²) in [6.07, 6.45) is 2.86. The highest BCUT2D eigenvalue weighted by Crippen LogP contribution is 2.16. The Labute approximate surface area is 106 Å². The molecule has 0 aromatic carbocycles. The van der Waals surface area contributed by atoms with Gasteiger partial charge in [0, 0.05) is 39.4 Å². The highest BCUT2D eigenvalue weighted by Gasteiger charge is 2.29. The fraction of sp³-hybridized carbons (Fsp3) is 0.600. The summed E-state index contributed by atoms with van der Waals surface area (Å²) in [6, 6.07) is 2.07. The molecule has 0 bridgehead atoms. The van der Waals surface area contributed by atoms with E-state index in [-0.39, 0.29) is 4.90 Å². The van der Waals surface area contributed by atoms with Gasteiger partial charge in [-0.25, -0.2) is 8.42 Å². The number of sulfonamides is 1. The van der Waals surface area contributed by atoms with E-state index in [1.54, 1.807) is 7.05 Å². The van der Waals surface area contributed by atoms with Crippen LogP contribution in [0.15, 0.2) is 17.3 Å². The standard InChI is InChI=1S/C10H15N5O2S/c1-13-9-10(8-12-13)18(16,17)15-6-4-14(3-2-11)5-7-15/h8-9H,3-7H2,1H3. The lowest BCUT2D eigenvalue weighted by molar-refractivity contribution is 0.206. The highest BCUT2D eigenvalue weighted by molar-refractivity contribution is 7.89. The summed E-state index contributed by atoms with van der Waals surface area (Å²) in [5.41, 5.74) is 0. The minimum atomic E-state index is -3.44. The lowest BCUT2D eigenvalue weighted by Crippen LogP contribution is -2.48. The smallest absolute Gasteiger partial charge is 0.246 e. The SMILES string of the molecule is Cn1cc(S(=O)(=O)N2CCN(CC#N)CC2)cn1. The number of piperazine rings is 1. The van der Waals surface area contributed by atoms with E-state index in [0.717, 1.165) is 0 Å². The van der Waals surface area contributed by atoms with Gasteiger partial charge >= 0.3 is 0 Å². The minimum Gasteiger partial charge on any atom is -0.288 e. The summed E-state index contributed by atoms with van der Waals surface area (Å²) < 4.78 is 27.4. The molecular weight excluding hydrogens is 254 g/mol. The van der Waals surface area contributed by atoms with Crippen LogP contribution < -0.4 is 0 Å². The zero-order chi connectivity index (χ0) is 13.2. The van der Waals surface area contributed by atoms with Crippen LogP contribution in [0.3, 0.4) is 0 Å². The van der Waals surface area contributed by atoms with Crippen LogP contribution in [0.5, 0.6) is 0 Å². The van der Waals surface area contributed by atoms with Gasteiger partial charge < -0.3 is 0 Å². The molecule has 8 heteroatoms. The Morgan fingerprint density at radius 3 is 2.56 bits per heavy atom. The third-order valence-electron chi connectivity index (χ3n) is 2.94. The van der Waals surface area contributed by atoms with Gasteiger partial charge in [-0.2, -0.15) is 14.7 Å². The Bertz CT molecular complexity index is 551. The van der Waals surface area contributed by atoms with Crippen molar-refractivity contribution in [2.45, 2.75) is 4.90 Å². The lowest BCUT2D eigenvalue weighted by atomic mass is 10.4. The summed E-state index contributed by atoms with van der Waals surface area (Å²) in [5.74, 6) is 0. The van der Waals surface area contributed by atoms with Crippen LogP contribution in [-0.4, -0.2) is 60.1 Å². The maximum Gasteiger partial charge on any atom is 0.246 e. The number of nitriles is 1. The van der Waals surface area contributed by atoms with Gasteiger partial charge in [-0.05, 0) is 0 Å². The average Bonchev–Trinajstić information content (AvgIpc) is 2.78. The minimum absolute atomic E-state index is 0.221. The molecule has 0 amide bonds. The molecule has 1 saturated heterocycles.